The van der Waals surface area contributed by atoms with Crippen molar-refractivity contribution in [1.82, 2.24) is 4.90 Å². The second kappa shape index (κ2) is 4.33. The van der Waals surface area contributed by atoms with Crippen LogP contribution in [-0.4, -0.2) is 30.3 Å². The average molecular weight is 247 g/mol. The van der Waals surface area contributed by atoms with Crippen LogP contribution < -0.4 is 22.1 Å². The van der Waals surface area contributed by atoms with Gasteiger partial charge in [0.05, 0.1) is 11.4 Å². The van der Waals surface area contributed by atoms with Crippen LogP contribution in [-0.2, 0) is 0 Å². The molecule has 5 heteroatoms. The van der Waals surface area contributed by atoms with E-state index >= 15 is 0 Å². The number of rotatable bonds is 3. The van der Waals surface area contributed by atoms with Crippen molar-refractivity contribution >= 4 is 17.1 Å². The molecule has 3 rings (SSSR count). The summed E-state index contributed by atoms with van der Waals surface area (Å²) >= 11 is 0. The number of hydrogen-bond acceptors (Lipinski definition) is 5. The van der Waals surface area contributed by atoms with Gasteiger partial charge < -0.3 is 21.3 Å². The number of nitrogens with zero attached hydrogens (tertiary/aromatic N) is 1. The van der Waals surface area contributed by atoms with Crippen molar-refractivity contribution in [3.05, 3.63) is 18.2 Å². The van der Waals surface area contributed by atoms with Crippen LogP contribution in [0, 0.1) is 0 Å². The van der Waals surface area contributed by atoms with Crippen molar-refractivity contribution in [1.29, 1.82) is 0 Å². The maximum atomic E-state index is 6.35. The highest BCUT2D eigenvalue weighted by Crippen LogP contribution is 2.34. The topological polar surface area (TPSA) is 79.3 Å². The van der Waals surface area contributed by atoms with Crippen LogP contribution in [0.5, 0.6) is 0 Å². The van der Waals surface area contributed by atoms with Gasteiger partial charge in [-0.15, -0.1) is 0 Å². The fraction of sp³-hybridized carbons (Fsp3) is 0.538. The Bertz CT molecular complexity index is 441. The highest BCUT2D eigenvalue weighted by molar-refractivity contribution is 5.78. The van der Waals surface area contributed by atoms with Crippen LogP contribution in [0.15, 0.2) is 18.2 Å². The molecule has 98 valence electrons. The molecule has 0 aliphatic carbocycles. The maximum Gasteiger partial charge on any atom is 0.163 e. The van der Waals surface area contributed by atoms with Crippen molar-refractivity contribution in [2.75, 3.05) is 36.0 Å². The molecular weight excluding hydrogens is 226 g/mol. The van der Waals surface area contributed by atoms with Gasteiger partial charge in [-0.3, -0.25) is 5.73 Å². The summed E-state index contributed by atoms with van der Waals surface area (Å²) in [5.41, 5.74) is 14.9. The third kappa shape index (κ3) is 2.23. The summed E-state index contributed by atoms with van der Waals surface area (Å²) in [6, 6.07) is 5.79. The summed E-state index contributed by atoms with van der Waals surface area (Å²) in [6.45, 7) is 3.44. The Labute approximate surface area is 108 Å². The molecule has 18 heavy (non-hydrogen) atoms. The zero-order chi connectivity index (χ0) is 12.6. The van der Waals surface area contributed by atoms with Crippen molar-refractivity contribution in [3.63, 3.8) is 0 Å². The lowest BCUT2D eigenvalue weighted by molar-refractivity contribution is 0.306. The SMILES string of the molecule is Nc1ccc2c(c1)NC(N)(CCN1CCCC1)N2. The van der Waals surface area contributed by atoms with E-state index in [0.29, 0.717) is 0 Å². The predicted octanol–water partition coefficient (Wildman–Crippen LogP) is 1.20. The smallest absolute Gasteiger partial charge is 0.163 e. The Balaban J connectivity index is 1.63. The molecule has 1 saturated heterocycles. The summed E-state index contributed by atoms with van der Waals surface area (Å²) < 4.78 is 0. The zero-order valence-electron chi connectivity index (χ0n) is 10.6. The van der Waals surface area contributed by atoms with Crippen LogP contribution in [0.3, 0.4) is 0 Å². The van der Waals surface area contributed by atoms with Crippen molar-refractivity contribution in [2.45, 2.75) is 25.0 Å². The van der Waals surface area contributed by atoms with Crippen LogP contribution >= 0.6 is 0 Å². The quantitative estimate of drug-likeness (QED) is 0.604. The number of nitrogen functional groups attached to an aromatic ring is 1. The molecule has 2 aliphatic rings. The number of anilines is 3. The van der Waals surface area contributed by atoms with Crippen LogP contribution in [0.1, 0.15) is 19.3 Å². The fourth-order valence-electron chi connectivity index (χ4n) is 2.75. The van der Waals surface area contributed by atoms with E-state index in [2.05, 4.69) is 15.5 Å². The van der Waals surface area contributed by atoms with Gasteiger partial charge in [0, 0.05) is 18.7 Å². The number of hydrogen-bond donors (Lipinski definition) is 4. The largest absolute Gasteiger partial charge is 0.399 e. The first-order valence-electron chi connectivity index (χ1n) is 6.62. The van der Waals surface area contributed by atoms with E-state index in [4.69, 9.17) is 11.5 Å². The molecule has 1 atom stereocenters. The standard InChI is InChI=1S/C13H21N5/c14-10-3-4-11-12(9-10)17-13(15,16-11)5-8-18-6-1-2-7-18/h3-4,9,16-17H,1-2,5-8,14-15H2. The van der Waals surface area contributed by atoms with Crippen molar-refractivity contribution < 1.29 is 0 Å². The monoisotopic (exact) mass is 247 g/mol. The molecule has 0 radical (unpaired) electrons. The van der Waals surface area contributed by atoms with Crippen molar-refractivity contribution in [3.8, 4) is 0 Å². The van der Waals surface area contributed by atoms with E-state index in [-0.39, 0.29) is 0 Å². The van der Waals surface area contributed by atoms with Gasteiger partial charge in [0.1, 0.15) is 0 Å². The van der Waals surface area contributed by atoms with E-state index < -0.39 is 5.79 Å². The van der Waals surface area contributed by atoms with E-state index in [1.807, 2.05) is 18.2 Å². The number of likely N-dealkylation sites (tertiary alicyclic amines) is 1. The molecule has 0 spiro atoms. The molecule has 1 fully saturated rings. The minimum atomic E-state index is -0.543. The van der Waals surface area contributed by atoms with Crippen molar-refractivity contribution in [2.24, 2.45) is 5.73 Å². The second-order valence-corrected chi connectivity index (χ2v) is 5.33. The van der Waals surface area contributed by atoms with E-state index in [1.165, 1.54) is 25.9 Å². The zero-order valence-corrected chi connectivity index (χ0v) is 10.6. The Morgan fingerprint density at radius 3 is 2.67 bits per heavy atom. The number of fused-ring (bicyclic) bond motifs is 1. The summed E-state index contributed by atoms with van der Waals surface area (Å²) in [6.07, 6.45) is 3.51. The van der Waals surface area contributed by atoms with E-state index in [0.717, 1.165) is 30.0 Å². The van der Waals surface area contributed by atoms with Gasteiger partial charge in [0.15, 0.2) is 5.79 Å². The molecule has 1 aromatic rings. The second-order valence-electron chi connectivity index (χ2n) is 5.33. The first kappa shape index (κ1) is 11.6. The molecule has 1 aromatic carbocycles. The first-order chi connectivity index (χ1) is 8.65. The third-order valence-corrected chi connectivity index (χ3v) is 3.78. The summed E-state index contributed by atoms with van der Waals surface area (Å²) in [5.74, 6) is -0.543. The molecule has 0 saturated carbocycles. The van der Waals surface area contributed by atoms with Gasteiger partial charge >= 0.3 is 0 Å². The average Bonchev–Trinajstić information content (AvgIpc) is 2.93. The minimum absolute atomic E-state index is 0.543. The Hall–Kier alpha value is -1.46. The minimum Gasteiger partial charge on any atom is -0.399 e. The molecule has 0 bridgehead atoms. The molecule has 2 heterocycles. The normalized spacial score (nSPS) is 26.7. The lowest BCUT2D eigenvalue weighted by atomic mass is 10.2. The van der Waals surface area contributed by atoms with Gasteiger partial charge in [0.2, 0.25) is 0 Å². The lowest BCUT2D eigenvalue weighted by Crippen LogP contribution is -2.52. The Morgan fingerprint density at radius 2 is 1.89 bits per heavy atom. The van der Waals surface area contributed by atoms with Gasteiger partial charge in [-0.2, -0.15) is 0 Å². The number of benzene rings is 1. The highest BCUT2D eigenvalue weighted by atomic mass is 15.3. The number of nitrogens with one attached hydrogen (secondary N) is 2. The summed E-state index contributed by atoms with van der Waals surface area (Å²) in [4.78, 5) is 2.47. The van der Waals surface area contributed by atoms with Crippen LogP contribution in [0.2, 0.25) is 0 Å². The molecule has 0 amide bonds. The van der Waals surface area contributed by atoms with E-state index in [1.54, 1.807) is 0 Å². The van der Waals surface area contributed by atoms with Gasteiger partial charge in [-0.1, -0.05) is 0 Å². The maximum absolute atomic E-state index is 6.35. The molecule has 0 aromatic heterocycles. The van der Waals surface area contributed by atoms with Crippen LogP contribution in [0.4, 0.5) is 17.1 Å². The number of nitrogens with two attached hydrogens (primary N) is 2. The van der Waals surface area contributed by atoms with Gasteiger partial charge in [-0.05, 0) is 44.1 Å². The molecular formula is C13H21N5. The Morgan fingerprint density at radius 1 is 1.17 bits per heavy atom. The van der Waals surface area contributed by atoms with E-state index in [9.17, 15) is 0 Å². The molecule has 2 aliphatic heterocycles. The van der Waals surface area contributed by atoms with Gasteiger partial charge in [0.25, 0.3) is 0 Å². The first-order valence-corrected chi connectivity index (χ1v) is 6.62. The third-order valence-electron chi connectivity index (χ3n) is 3.78. The molecule has 1 unspecified atom stereocenters. The summed E-state index contributed by atoms with van der Waals surface area (Å²) in [5, 5.41) is 6.68. The highest BCUT2D eigenvalue weighted by Gasteiger charge is 2.32. The predicted molar refractivity (Wildman–Crippen MR) is 75.3 cm³/mol. The molecule has 5 nitrogen and oxygen atoms in total. The molecule has 6 N–H and O–H groups in total. The lowest BCUT2D eigenvalue weighted by Gasteiger charge is -2.28. The summed E-state index contributed by atoms with van der Waals surface area (Å²) in [7, 11) is 0. The van der Waals surface area contributed by atoms with Gasteiger partial charge in [-0.25, -0.2) is 0 Å². The Kier molecular flexibility index (Phi) is 2.80. The van der Waals surface area contributed by atoms with Crippen LogP contribution in [0.25, 0.3) is 0 Å². The fourth-order valence-corrected chi connectivity index (χ4v) is 2.75.